The van der Waals surface area contributed by atoms with E-state index in [0.29, 0.717) is 36.9 Å². The average molecular weight is 326 g/mol. The Morgan fingerprint density at radius 2 is 2.17 bits per heavy atom. The first-order valence-electron chi connectivity index (χ1n) is 8.49. The number of carbonyl (C=O) groups is 1. The molecule has 6 heteroatoms. The highest BCUT2D eigenvalue weighted by Crippen LogP contribution is 2.19. The van der Waals surface area contributed by atoms with Gasteiger partial charge in [0.2, 0.25) is 11.8 Å². The van der Waals surface area contributed by atoms with Gasteiger partial charge in [0.1, 0.15) is 5.69 Å². The first-order valence-corrected chi connectivity index (χ1v) is 8.49. The second kappa shape index (κ2) is 8.38. The summed E-state index contributed by atoms with van der Waals surface area (Å²) in [5, 5.41) is 10.9. The summed E-state index contributed by atoms with van der Waals surface area (Å²) >= 11 is 0. The lowest BCUT2D eigenvalue weighted by atomic mass is 9.97. The van der Waals surface area contributed by atoms with E-state index in [4.69, 9.17) is 4.42 Å². The molecule has 1 aliphatic rings. The highest BCUT2D eigenvalue weighted by molar-refractivity contribution is 5.76. The maximum absolute atomic E-state index is 11.9. The van der Waals surface area contributed by atoms with Crippen molar-refractivity contribution < 1.29 is 9.21 Å². The maximum Gasteiger partial charge on any atom is 0.266 e. The zero-order chi connectivity index (χ0) is 16.6. The molecule has 0 radical (unpaired) electrons. The fraction of sp³-hybridized carbons (Fsp3) is 0.444. The Balaban J connectivity index is 1.40. The van der Waals surface area contributed by atoms with Crippen LogP contribution in [0.25, 0.3) is 11.6 Å². The van der Waals surface area contributed by atoms with Crippen molar-refractivity contribution in [2.24, 2.45) is 0 Å². The molecule has 0 atom stereocenters. The van der Waals surface area contributed by atoms with Crippen LogP contribution in [0.15, 0.2) is 40.5 Å². The molecule has 2 aromatic rings. The maximum atomic E-state index is 11.9. The van der Waals surface area contributed by atoms with Crippen LogP contribution in [0.4, 0.5) is 0 Å². The third kappa shape index (κ3) is 4.75. The van der Waals surface area contributed by atoms with Gasteiger partial charge in [-0.25, -0.2) is 0 Å². The lowest BCUT2D eigenvalue weighted by Gasteiger charge is -2.12. The van der Waals surface area contributed by atoms with Crippen LogP contribution in [0.1, 0.15) is 44.4 Å². The van der Waals surface area contributed by atoms with Gasteiger partial charge in [-0.1, -0.05) is 17.7 Å². The van der Waals surface area contributed by atoms with E-state index in [2.05, 4.69) is 26.6 Å². The summed E-state index contributed by atoms with van der Waals surface area (Å²) in [6.07, 6.45) is 10.7. The highest BCUT2D eigenvalue weighted by atomic mass is 16.4. The van der Waals surface area contributed by atoms with Crippen LogP contribution < -0.4 is 5.32 Å². The molecule has 24 heavy (non-hydrogen) atoms. The summed E-state index contributed by atoms with van der Waals surface area (Å²) < 4.78 is 5.55. The molecule has 1 aliphatic carbocycles. The molecule has 1 amide bonds. The van der Waals surface area contributed by atoms with Crippen molar-refractivity contribution in [1.82, 2.24) is 20.5 Å². The summed E-state index contributed by atoms with van der Waals surface area (Å²) in [6.45, 7) is 0.702. The van der Waals surface area contributed by atoms with Crippen molar-refractivity contribution in [3.63, 3.8) is 0 Å². The summed E-state index contributed by atoms with van der Waals surface area (Å²) in [7, 11) is 0. The molecule has 0 aromatic carbocycles. The molecule has 1 N–H and O–H groups in total. The van der Waals surface area contributed by atoms with Gasteiger partial charge in [-0.3, -0.25) is 9.78 Å². The van der Waals surface area contributed by atoms with Crippen LogP contribution in [-0.4, -0.2) is 27.6 Å². The Morgan fingerprint density at radius 3 is 2.96 bits per heavy atom. The van der Waals surface area contributed by atoms with Gasteiger partial charge in [0, 0.05) is 25.6 Å². The normalized spacial score (nSPS) is 14.2. The van der Waals surface area contributed by atoms with E-state index in [9.17, 15) is 4.79 Å². The number of allylic oxidation sites excluding steroid dienone is 1. The fourth-order valence-corrected chi connectivity index (χ4v) is 2.75. The zero-order valence-electron chi connectivity index (χ0n) is 13.7. The van der Waals surface area contributed by atoms with Crippen LogP contribution in [0, 0.1) is 0 Å². The number of aryl methyl sites for hydroxylation is 1. The van der Waals surface area contributed by atoms with E-state index in [1.807, 2.05) is 18.2 Å². The lowest BCUT2D eigenvalue weighted by Crippen LogP contribution is -2.25. The molecule has 3 rings (SSSR count). The molecule has 2 heterocycles. The number of amides is 1. The van der Waals surface area contributed by atoms with E-state index in [0.717, 1.165) is 6.42 Å². The molecule has 0 fully saturated rings. The summed E-state index contributed by atoms with van der Waals surface area (Å²) in [6, 6.07) is 5.50. The van der Waals surface area contributed by atoms with Gasteiger partial charge >= 0.3 is 0 Å². The Hall–Kier alpha value is -2.50. The second-order valence-electron chi connectivity index (χ2n) is 5.92. The van der Waals surface area contributed by atoms with E-state index in [-0.39, 0.29) is 5.91 Å². The minimum Gasteiger partial charge on any atom is -0.419 e. The molecular weight excluding hydrogens is 304 g/mol. The van der Waals surface area contributed by atoms with Gasteiger partial charge in [0.15, 0.2) is 0 Å². The SMILES string of the molecule is O=C(CCc1nnc(-c2ccccn2)o1)NCCC1=CCCCC1. The van der Waals surface area contributed by atoms with Crippen molar-refractivity contribution in [2.45, 2.75) is 44.9 Å². The molecule has 0 bridgehead atoms. The van der Waals surface area contributed by atoms with Crippen molar-refractivity contribution in [3.8, 4) is 11.6 Å². The molecule has 0 aliphatic heterocycles. The lowest BCUT2D eigenvalue weighted by molar-refractivity contribution is -0.121. The predicted molar refractivity (Wildman–Crippen MR) is 90.0 cm³/mol. The predicted octanol–water partition coefficient (Wildman–Crippen LogP) is 3.07. The molecule has 0 saturated heterocycles. The van der Waals surface area contributed by atoms with Crippen molar-refractivity contribution >= 4 is 5.91 Å². The summed E-state index contributed by atoms with van der Waals surface area (Å²) in [5.74, 6) is 0.861. The Morgan fingerprint density at radius 1 is 1.21 bits per heavy atom. The van der Waals surface area contributed by atoms with Crippen molar-refractivity contribution in [3.05, 3.63) is 41.9 Å². The first kappa shape index (κ1) is 16.4. The topological polar surface area (TPSA) is 80.9 Å². The van der Waals surface area contributed by atoms with Crippen LogP contribution in [-0.2, 0) is 11.2 Å². The number of hydrogen-bond donors (Lipinski definition) is 1. The molecule has 0 spiro atoms. The number of nitrogens with zero attached hydrogens (tertiary/aromatic N) is 3. The third-order valence-corrected chi connectivity index (χ3v) is 4.07. The number of carbonyl (C=O) groups excluding carboxylic acids is 1. The van der Waals surface area contributed by atoms with Crippen LogP contribution in [0.3, 0.4) is 0 Å². The van der Waals surface area contributed by atoms with Crippen LogP contribution in [0.2, 0.25) is 0 Å². The zero-order valence-corrected chi connectivity index (χ0v) is 13.7. The van der Waals surface area contributed by atoms with Gasteiger partial charge in [-0.15, -0.1) is 10.2 Å². The van der Waals surface area contributed by atoms with Crippen LogP contribution in [0.5, 0.6) is 0 Å². The van der Waals surface area contributed by atoms with E-state index >= 15 is 0 Å². The van der Waals surface area contributed by atoms with E-state index < -0.39 is 0 Å². The molecule has 0 saturated carbocycles. The highest BCUT2D eigenvalue weighted by Gasteiger charge is 2.11. The Bertz CT molecular complexity index is 694. The number of pyridine rings is 1. The fourth-order valence-electron chi connectivity index (χ4n) is 2.75. The van der Waals surface area contributed by atoms with Crippen LogP contribution >= 0.6 is 0 Å². The monoisotopic (exact) mass is 326 g/mol. The minimum atomic E-state index is 0.0176. The van der Waals surface area contributed by atoms with Gasteiger partial charge < -0.3 is 9.73 Å². The second-order valence-corrected chi connectivity index (χ2v) is 5.92. The number of nitrogens with one attached hydrogen (secondary N) is 1. The smallest absolute Gasteiger partial charge is 0.266 e. The number of hydrogen-bond acceptors (Lipinski definition) is 5. The van der Waals surface area contributed by atoms with Gasteiger partial charge in [-0.05, 0) is 44.2 Å². The van der Waals surface area contributed by atoms with Crippen molar-refractivity contribution in [1.29, 1.82) is 0 Å². The standard InChI is InChI=1S/C18H22N4O2/c23-16(20-13-11-14-6-2-1-3-7-14)9-10-17-21-22-18(24-17)15-8-4-5-12-19-15/h4-6,8,12H,1-3,7,9-11,13H2,(H,20,23). The van der Waals surface area contributed by atoms with Crippen molar-refractivity contribution in [2.75, 3.05) is 6.54 Å². The largest absolute Gasteiger partial charge is 0.419 e. The molecular formula is C18H22N4O2. The average Bonchev–Trinajstić information content (AvgIpc) is 3.11. The van der Waals surface area contributed by atoms with E-state index in [1.54, 1.807) is 6.20 Å². The Kier molecular flexibility index (Phi) is 5.71. The molecule has 2 aromatic heterocycles. The number of rotatable bonds is 7. The molecule has 126 valence electrons. The molecule has 0 unspecified atom stereocenters. The van der Waals surface area contributed by atoms with Gasteiger partial charge in [0.25, 0.3) is 5.89 Å². The van der Waals surface area contributed by atoms with Gasteiger partial charge in [-0.2, -0.15) is 0 Å². The first-order chi connectivity index (χ1) is 11.8. The molecule has 6 nitrogen and oxygen atoms in total. The third-order valence-electron chi connectivity index (χ3n) is 4.07. The number of aromatic nitrogens is 3. The summed E-state index contributed by atoms with van der Waals surface area (Å²) in [4.78, 5) is 16.1. The van der Waals surface area contributed by atoms with Gasteiger partial charge in [0.05, 0.1) is 0 Å². The minimum absolute atomic E-state index is 0.0176. The Labute approximate surface area is 141 Å². The van der Waals surface area contributed by atoms with E-state index in [1.165, 1.54) is 31.3 Å². The summed E-state index contributed by atoms with van der Waals surface area (Å²) in [5.41, 5.74) is 2.11. The quantitative estimate of drug-likeness (QED) is 0.791.